The molecule has 0 unspecified atom stereocenters. The van der Waals surface area contributed by atoms with Gasteiger partial charge in [-0.05, 0) is 29.2 Å². The van der Waals surface area contributed by atoms with Gasteiger partial charge in [0.05, 0.1) is 18.4 Å². The van der Waals surface area contributed by atoms with Gasteiger partial charge in [-0.1, -0.05) is 48.5 Å². The van der Waals surface area contributed by atoms with Crippen LogP contribution < -0.4 is 15.4 Å². The molecular weight excluding hydrogens is 382 g/mol. The molecule has 0 saturated carbocycles. The quantitative estimate of drug-likeness (QED) is 0.368. The summed E-state index contributed by atoms with van der Waals surface area (Å²) in [7, 11) is 1.67. The average Bonchev–Trinajstić information content (AvgIpc) is 3.18. The molecule has 0 aliphatic carbocycles. The van der Waals surface area contributed by atoms with Gasteiger partial charge in [-0.3, -0.25) is 0 Å². The molecule has 148 valence electrons. The molecule has 4 rings (SSSR count). The van der Waals surface area contributed by atoms with Crippen LogP contribution in [0.5, 0.6) is 5.75 Å². The molecule has 3 aromatic carbocycles. The van der Waals surface area contributed by atoms with Crippen LogP contribution in [-0.2, 0) is 6.54 Å². The summed E-state index contributed by atoms with van der Waals surface area (Å²) >= 11 is 1.50. The normalized spacial score (nSPS) is 11.0. The van der Waals surface area contributed by atoms with Crippen molar-refractivity contribution in [2.45, 2.75) is 6.54 Å². The Morgan fingerprint density at radius 2 is 1.90 bits per heavy atom. The molecule has 0 aliphatic heterocycles. The van der Waals surface area contributed by atoms with Gasteiger partial charge in [0.2, 0.25) is 0 Å². The predicted octanol–water partition coefficient (Wildman–Crippen LogP) is 4.80. The first-order valence-electron chi connectivity index (χ1n) is 9.49. The zero-order valence-corrected chi connectivity index (χ0v) is 17.0. The smallest absolute Gasteiger partial charge is 0.151 e. The Morgan fingerprint density at radius 3 is 2.69 bits per heavy atom. The minimum atomic E-state index is 0.115. The van der Waals surface area contributed by atoms with Gasteiger partial charge in [0.1, 0.15) is 5.75 Å². The molecule has 0 amide bonds. The van der Waals surface area contributed by atoms with E-state index in [1.54, 1.807) is 7.11 Å². The fraction of sp³-hybridized carbons (Fsp3) is 0.174. The van der Waals surface area contributed by atoms with E-state index in [1.165, 1.54) is 22.7 Å². The molecule has 1 aromatic heterocycles. The largest absolute Gasteiger partial charge is 0.496 e. The third-order valence-corrected chi connectivity index (χ3v) is 5.63. The molecule has 0 atom stereocenters. The van der Waals surface area contributed by atoms with Gasteiger partial charge in [0.25, 0.3) is 0 Å². The molecule has 1 heterocycles. The van der Waals surface area contributed by atoms with E-state index in [1.807, 2.05) is 24.3 Å². The minimum Gasteiger partial charge on any atom is -0.496 e. The maximum atomic E-state index is 8.93. The summed E-state index contributed by atoms with van der Waals surface area (Å²) in [5, 5.41) is 16.6. The average molecular weight is 406 g/mol. The molecule has 5 nitrogen and oxygen atoms in total. The van der Waals surface area contributed by atoms with E-state index < -0.39 is 0 Å². The van der Waals surface area contributed by atoms with E-state index in [2.05, 4.69) is 57.5 Å². The van der Waals surface area contributed by atoms with E-state index in [9.17, 15) is 0 Å². The number of fused-ring (bicyclic) bond motifs is 1. The first-order valence-corrected chi connectivity index (χ1v) is 10.3. The van der Waals surface area contributed by atoms with Crippen molar-refractivity contribution < 1.29 is 9.84 Å². The Hall–Kier alpha value is -2.93. The summed E-state index contributed by atoms with van der Waals surface area (Å²) in [6.07, 6.45) is 0. The molecule has 3 N–H and O–H groups in total. The van der Waals surface area contributed by atoms with E-state index in [0.29, 0.717) is 13.1 Å². The second-order valence-corrected chi connectivity index (χ2v) is 7.40. The van der Waals surface area contributed by atoms with Crippen LogP contribution in [0.4, 0.5) is 11.5 Å². The fourth-order valence-corrected chi connectivity index (χ4v) is 4.18. The van der Waals surface area contributed by atoms with Crippen LogP contribution >= 0.6 is 11.5 Å². The van der Waals surface area contributed by atoms with Crippen LogP contribution in [0.25, 0.3) is 21.2 Å². The van der Waals surface area contributed by atoms with E-state index in [0.717, 1.165) is 32.9 Å². The van der Waals surface area contributed by atoms with Crippen molar-refractivity contribution in [2.75, 3.05) is 25.6 Å². The summed E-state index contributed by atoms with van der Waals surface area (Å²) in [6.45, 7) is 1.31. The molecule has 29 heavy (non-hydrogen) atoms. The van der Waals surface area contributed by atoms with E-state index in [4.69, 9.17) is 9.84 Å². The van der Waals surface area contributed by atoms with Gasteiger partial charge in [0, 0.05) is 41.4 Å². The first-order chi connectivity index (χ1) is 14.3. The van der Waals surface area contributed by atoms with E-state index >= 15 is 0 Å². The summed E-state index contributed by atoms with van der Waals surface area (Å²) < 4.78 is 11.4. The molecule has 0 radical (unpaired) electrons. The first kappa shape index (κ1) is 19.4. The number of nitrogens with zero attached hydrogens (tertiary/aromatic N) is 1. The number of methoxy groups -OCH3 is 1. The number of aliphatic hydroxyl groups is 1. The Kier molecular flexibility index (Phi) is 6.05. The number of aromatic nitrogens is 1. The highest BCUT2D eigenvalue weighted by atomic mass is 32.1. The lowest BCUT2D eigenvalue weighted by Gasteiger charge is -2.12. The standard InChI is InChI=1S/C23H23N3O2S/c1-28-21-14-18(11-10-17(21)15-24-12-13-27)25-23-20-9-5-8-19(22(20)29-26-23)16-6-3-2-4-7-16/h2-11,14,24,27H,12-13,15H2,1H3,(H,25,26). The fourth-order valence-electron chi connectivity index (χ4n) is 3.30. The molecule has 0 spiro atoms. The van der Waals surface area contributed by atoms with Gasteiger partial charge >= 0.3 is 0 Å². The Balaban J connectivity index is 1.62. The lowest BCUT2D eigenvalue weighted by atomic mass is 10.0. The maximum Gasteiger partial charge on any atom is 0.151 e. The molecule has 4 aromatic rings. The van der Waals surface area contributed by atoms with Crippen molar-refractivity contribution >= 4 is 33.1 Å². The van der Waals surface area contributed by atoms with Crippen molar-refractivity contribution in [1.29, 1.82) is 0 Å². The van der Waals surface area contributed by atoms with Gasteiger partial charge < -0.3 is 20.5 Å². The minimum absolute atomic E-state index is 0.115. The highest BCUT2D eigenvalue weighted by Gasteiger charge is 2.12. The SMILES string of the molecule is COc1cc(Nc2nsc3c(-c4ccccc4)cccc23)ccc1CNCCO. The third kappa shape index (κ3) is 4.24. The summed E-state index contributed by atoms with van der Waals surface area (Å²) in [5.41, 5.74) is 4.34. The summed E-state index contributed by atoms with van der Waals surface area (Å²) in [4.78, 5) is 0. The molecule has 0 fully saturated rings. The van der Waals surface area contributed by atoms with Crippen LogP contribution in [0.2, 0.25) is 0 Å². The molecular formula is C23H23N3O2S. The highest BCUT2D eigenvalue weighted by Crippen LogP contribution is 2.37. The number of rotatable bonds is 8. The number of benzene rings is 3. The van der Waals surface area contributed by atoms with Crippen molar-refractivity contribution in [3.63, 3.8) is 0 Å². The Labute approximate surface area is 174 Å². The second-order valence-electron chi connectivity index (χ2n) is 6.63. The highest BCUT2D eigenvalue weighted by molar-refractivity contribution is 7.14. The Bertz CT molecular complexity index is 1100. The van der Waals surface area contributed by atoms with Crippen LogP contribution in [-0.4, -0.2) is 29.7 Å². The topological polar surface area (TPSA) is 66.4 Å². The van der Waals surface area contributed by atoms with E-state index in [-0.39, 0.29) is 6.61 Å². The summed E-state index contributed by atoms with van der Waals surface area (Å²) in [5.74, 6) is 1.64. The van der Waals surface area contributed by atoms with Gasteiger partial charge in [-0.15, -0.1) is 0 Å². The second kappa shape index (κ2) is 9.05. The number of hydrogen-bond acceptors (Lipinski definition) is 6. The van der Waals surface area contributed by atoms with Gasteiger partial charge in [0.15, 0.2) is 5.82 Å². The predicted molar refractivity (Wildman–Crippen MR) is 120 cm³/mol. The number of nitrogens with one attached hydrogen (secondary N) is 2. The lowest BCUT2D eigenvalue weighted by molar-refractivity contribution is 0.291. The number of ether oxygens (including phenoxy) is 1. The van der Waals surface area contributed by atoms with Crippen LogP contribution in [0.3, 0.4) is 0 Å². The third-order valence-electron chi connectivity index (χ3n) is 4.74. The van der Waals surface area contributed by atoms with Crippen LogP contribution in [0.15, 0.2) is 66.7 Å². The van der Waals surface area contributed by atoms with Crippen molar-refractivity contribution in [1.82, 2.24) is 9.69 Å². The number of hydrogen-bond donors (Lipinski definition) is 3. The van der Waals surface area contributed by atoms with Crippen LogP contribution in [0, 0.1) is 0 Å². The zero-order chi connectivity index (χ0) is 20.1. The zero-order valence-electron chi connectivity index (χ0n) is 16.2. The monoisotopic (exact) mass is 405 g/mol. The van der Waals surface area contributed by atoms with Crippen LogP contribution in [0.1, 0.15) is 5.56 Å². The molecule has 0 bridgehead atoms. The number of aliphatic hydroxyl groups excluding tert-OH is 1. The maximum absolute atomic E-state index is 8.93. The lowest BCUT2D eigenvalue weighted by Crippen LogP contribution is -2.17. The number of anilines is 2. The van der Waals surface area contributed by atoms with Gasteiger partial charge in [-0.2, -0.15) is 4.37 Å². The molecule has 0 saturated heterocycles. The molecule has 6 heteroatoms. The summed E-state index contributed by atoms with van der Waals surface area (Å²) in [6, 6.07) is 22.7. The van der Waals surface area contributed by atoms with Crippen molar-refractivity contribution in [2.24, 2.45) is 0 Å². The Morgan fingerprint density at radius 1 is 1.03 bits per heavy atom. The van der Waals surface area contributed by atoms with Crippen molar-refractivity contribution in [3.05, 3.63) is 72.3 Å². The van der Waals surface area contributed by atoms with Gasteiger partial charge in [-0.25, -0.2) is 0 Å². The molecule has 0 aliphatic rings. The van der Waals surface area contributed by atoms with Crippen molar-refractivity contribution in [3.8, 4) is 16.9 Å².